The lowest BCUT2D eigenvalue weighted by Gasteiger charge is -2.16. The number of nitrogens with one attached hydrogen (secondary N) is 4. The van der Waals surface area contributed by atoms with Gasteiger partial charge in [0.05, 0.1) is 48.7 Å². The van der Waals surface area contributed by atoms with Crippen molar-refractivity contribution in [1.82, 2.24) is 38.2 Å². The Morgan fingerprint density at radius 2 is 0.727 bits per heavy atom. The maximum Gasteiger partial charge on any atom is 0.469 e. The van der Waals surface area contributed by atoms with Crippen molar-refractivity contribution in [3.8, 4) is 0 Å². The van der Waals surface area contributed by atoms with E-state index in [4.69, 9.17) is 58.1 Å². The van der Waals surface area contributed by atoms with Crippen LogP contribution >= 0.6 is 31.3 Å². The molecule has 0 radical (unpaired) electrons. The second-order valence-electron chi connectivity index (χ2n) is 19.2. The largest absolute Gasteiger partial charge is 0.469 e. The van der Waals surface area contributed by atoms with Crippen molar-refractivity contribution in [1.29, 1.82) is 0 Å². The zero-order valence-electron chi connectivity index (χ0n) is 45.3. The van der Waals surface area contributed by atoms with E-state index in [0.29, 0.717) is 0 Å². The van der Waals surface area contributed by atoms with Gasteiger partial charge in [0.15, 0.2) is 0 Å². The summed E-state index contributed by atoms with van der Waals surface area (Å²) in [5.74, 6) is 0. The van der Waals surface area contributed by atoms with Crippen LogP contribution in [0.2, 0.25) is 0 Å². The van der Waals surface area contributed by atoms with E-state index in [0.717, 1.165) is 36.9 Å². The molecule has 8 heterocycles. The highest BCUT2D eigenvalue weighted by molar-refractivity contribution is 7.47. The number of hydrogen-bond acceptors (Lipinski definition) is 28. The van der Waals surface area contributed by atoms with E-state index in [9.17, 15) is 97.5 Å². The third-order valence-electron chi connectivity index (χ3n) is 13.0. The monoisotopic (exact) mass is 1350 g/mol. The number of ether oxygens (including phenoxy) is 4. The number of rotatable bonds is 16. The zero-order chi connectivity index (χ0) is 66.6. The van der Waals surface area contributed by atoms with Crippen molar-refractivity contribution in [2.24, 2.45) is 28.2 Å². The van der Waals surface area contributed by atoms with Crippen molar-refractivity contribution in [2.75, 3.05) is 26.4 Å². The molecule has 4 aromatic heterocycles. The minimum atomic E-state index is -4.77. The van der Waals surface area contributed by atoms with Crippen molar-refractivity contribution in [3.63, 3.8) is 0 Å². The smallest absolute Gasteiger partial charge is 0.387 e. The molecule has 4 fully saturated rings. The summed E-state index contributed by atoms with van der Waals surface area (Å²) in [4.78, 5) is 170. The third kappa shape index (κ3) is 18.9. The standard InChI is InChI=1S/C11H17N2O9P.2C10H15N2O9P.C9H13N2O9P/c1-12-3-5(10(16)13(2)11(12)17)9-8(15)7(14)6(22-9)4-21-23(18,19)20;1-12-2-4(9(15)11-10(12)16)8-7(14)6(13)5(21-8)3-20-22(17,18)19;1-12-9(15)4(2-11-10(12)16)8-7(14)6(13)5(21-8)3-20-22(17,18)19;12-5-4(2-19-21(16,17)18)20-7(6(5)13)3-1-10-9(15)11-8(3)14/h3,6-9,14-15H,4H2,1-2H3,(H2,18,19,20);2,5-8,13-14H,3H2,1H3,(H,11,15,16)(H2,17,18,19);2,5-8,13-14H,3H2,1H3,(H,11,16)(H2,17,18,19);1,4-7,12-13H,2H2,(H2,16,17,18)(H2,10,11,14,15)/t6?,7-,8-,9+;2*5?,6-,7-,8+;4?,5-,6-,7+/m1111/s1. The second-order valence-corrected chi connectivity index (χ2v) is 24.1. The van der Waals surface area contributed by atoms with Gasteiger partial charge in [0, 0.05) is 53.0 Å². The Morgan fingerprint density at radius 1 is 0.409 bits per heavy atom. The van der Waals surface area contributed by atoms with E-state index in [1.165, 1.54) is 34.4 Å². The van der Waals surface area contributed by atoms with Gasteiger partial charge in [-0.2, -0.15) is 0 Å². The molecule has 8 rings (SSSR count). The summed E-state index contributed by atoms with van der Waals surface area (Å²) >= 11 is 0. The fourth-order valence-corrected chi connectivity index (χ4v) is 9.86. The van der Waals surface area contributed by atoms with Crippen molar-refractivity contribution in [2.45, 2.75) is 97.7 Å². The number of H-pyrrole nitrogens is 4. The van der Waals surface area contributed by atoms with E-state index in [-0.39, 0.29) is 22.3 Å². The summed E-state index contributed by atoms with van der Waals surface area (Å²) < 4.78 is 84.1. The first-order valence-corrected chi connectivity index (χ1v) is 30.6. The third-order valence-corrected chi connectivity index (χ3v) is 14.9. The number of aromatic amines is 4. The molecule has 0 saturated carbocycles. The van der Waals surface area contributed by atoms with Crippen LogP contribution < -0.4 is 45.0 Å². The molecule has 48 heteroatoms. The first kappa shape index (κ1) is 73.4. The van der Waals surface area contributed by atoms with Crippen LogP contribution in [0.4, 0.5) is 0 Å². The molecule has 4 saturated heterocycles. The molecule has 4 aliphatic heterocycles. The zero-order valence-corrected chi connectivity index (χ0v) is 48.9. The molecule has 0 amide bonds. The molecular formula is C40H60N8O36P4. The van der Waals surface area contributed by atoms with E-state index in [2.05, 4.69) is 28.1 Å². The number of aromatic nitrogens is 8. The Labute approximate surface area is 486 Å². The van der Waals surface area contributed by atoms with E-state index < -0.39 is 200 Å². The lowest BCUT2D eigenvalue weighted by molar-refractivity contribution is -0.0230. The van der Waals surface area contributed by atoms with Crippen LogP contribution in [0.3, 0.4) is 0 Å². The molecule has 0 aliphatic carbocycles. The molecule has 4 aromatic rings. The van der Waals surface area contributed by atoms with Gasteiger partial charge in [0.25, 0.3) is 22.2 Å². The van der Waals surface area contributed by atoms with Crippen molar-refractivity contribution < 1.29 is 135 Å². The number of nitrogens with zero attached hydrogens (tertiary/aromatic N) is 4. The average molecular weight is 1350 g/mol. The molecule has 496 valence electrons. The number of hydrogen-bond donors (Lipinski definition) is 20. The number of aliphatic hydroxyl groups excluding tert-OH is 8. The summed E-state index contributed by atoms with van der Waals surface area (Å²) in [6.45, 7) is -2.71. The molecule has 20 N–H and O–H groups in total. The summed E-state index contributed by atoms with van der Waals surface area (Å²) in [5, 5.41) is 79.0. The van der Waals surface area contributed by atoms with Crippen LogP contribution in [0.5, 0.6) is 0 Å². The summed E-state index contributed by atoms with van der Waals surface area (Å²) in [6.07, 6.45) is -17.8. The van der Waals surface area contributed by atoms with Gasteiger partial charge in [-0.15, -0.1) is 0 Å². The van der Waals surface area contributed by atoms with Gasteiger partial charge in [0.2, 0.25) is 0 Å². The minimum absolute atomic E-state index is 0.0696. The van der Waals surface area contributed by atoms with Crippen LogP contribution in [-0.2, 0) is 83.5 Å². The second kappa shape index (κ2) is 29.3. The quantitative estimate of drug-likeness (QED) is 0.0463. The Kier molecular flexibility index (Phi) is 24.5. The molecule has 4 unspecified atom stereocenters. The molecule has 44 nitrogen and oxygen atoms in total. The highest BCUT2D eigenvalue weighted by Gasteiger charge is 2.49. The maximum atomic E-state index is 12.1. The fraction of sp³-hybridized carbons (Fsp3) is 0.600. The van der Waals surface area contributed by atoms with Gasteiger partial charge in [-0.3, -0.25) is 56.4 Å². The van der Waals surface area contributed by atoms with E-state index in [1.807, 2.05) is 9.97 Å². The lowest BCUT2D eigenvalue weighted by atomic mass is 10.0. The predicted octanol–water partition coefficient (Wildman–Crippen LogP) is -10.6. The maximum absolute atomic E-state index is 12.1. The molecule has 0 aromatic carbocycles. The van der Waals surface area contributed by atoms with Gasteiger partial charge in [-0.1, -0.05) is 0 Å². The minimum Gasteiger partial charge on any atom is -0.387 e. The summed E-state index contributed by atoms with van der Waals surface area (Å²) in [5.41, 5.74) is -6.11. The van der Waals surface area contributed by atoms with Gasteiger partial charge < -0.3 is 118 Å². The fourth-order valence-electron chi connectivity index (χ4n) is 8.49. The predicted molar refractivity (Wildman–Crippen MR) is 280 cm³/mol. The highest BCUT2D eigenvalue weighted by Crippen LogP contribution is 2.42. The van der Waals surface area contributed by atoms with Crippen molar-refractivity contribution in [3.05, 3.63) is 130 Å². The lowest BCUT2D eigenvalue weighted by Crippen LogP contribution is -2.40. The summed E-state index contributed by atoms with van der Waals surface area (Å²) in [6, 6.07) is 0. The Hall–Kier alpha value is -5.32. The van der Waals surface area contributed by atoms with Crippen LogP contribution in [-0.4, -0.2) is 218 Å². The number of aryl methyl sites for hydroxylation is 2. The van der Waals surface area contributed by atoms with E-state index in [1.54, 1.807) is 0 Å². The first-order valence-electron chi connectivity index (χ1n) is 24.5. The van der Waals surface area contributed by atoms with Crippen LogP contribution in [0.25, 0.3) is 0 Å². The Balaban J connectivity index is 0.000000214. The first-order chi connectivity index (χ1) is 40.4. The van der Waals surface area contributed by atoms with Gasteiger partial charge >= 0.3 is 54.0 Å². The molecule has 0 bridgehead atoms. The number of phosphoric ester groups is 4. The normalized spacial score (nSPS) is 29.0. The molecule has 16 atom stereocenters. The van der Waals surface area contributed by atoms with E-state index >= 15 is 0 Å². The van der Waals surface area contributed by atoms with Gasteiger partial charge in [-0.25, -0.2) is 37.4 Å². The van der Waals surface area contributed by atoms with Gasteiger partial charge in [-0.05, 0) is 0 Å². The molecule has 4 aliphatic rings. The summed E-state index contributed by atoms with van der Waals surface area (Å²) in [7, 11) is -13.8. The SMILES string of the molecule is Cn1c(=O)[nH]cc([C@@H]2OC(COP(=O)(O)O)[C@@H](O)[C@H]2O)c1=O.Cn1cc([C@@H]2OC(COP(=O)(O)O)[C@@H](O)[C@H]2O)c(=O)[nH]c1=O.Cn1cc([C@@H]2OC(COP(=O)(O)O)[C@@H](O)[C@H]2O)c(=O)n(C)c1=O.O=c1[nH]cc([C@@H]2OC(COP(=O)(O)O)[C@@H](O)[C@H]2O)c(=O)[nH]1. The van der Waals surface area contributed by atoms with Crippen LogP contribution in [0.15, 0.2) is 63.1 Å². The Morgan fingerprint density at radius 3 is 1.10 bits per heavy atom. The highest BCUT2D eigenvalue weighted by atomic mass is 31.2. The van der Waals surface area contributed by atoms with Crippen molar-refractivity contribution >= 4 is 31.3 Å². The molecule has 0 spiro atoms. The molecule has 88 heavy (non-hydrogen) atoms. The van der Waals surface area contributed by atoms with Crippen LogP contribution in [0.1, 0.15) is 46.7 Å². The number of phosphoric acid groups is 4. The van der Waals surface area contributed by atoms with Gasteiger partial charge in [0.1, 0.15) is 97.7 Å². The topological polar surface area (TPSA) is 685 Å². The Bertz CT molecular complexity index is 3750. The van der Waals surface area contributed by atoms with Crippen LogP contribution in [0, 0.1) is 0 Å². The number of aliphatic hydroxyl groups is 8. The average Bonchev–Trinajstić information content (AvgIpc) is 1.88. The molecular weight excluding hydrogens is 1290 g/mol.